The fraction of sp³-hybridized carbons (Fsp3) is 0.615. The molecule has 2 aromatic rings. The second-order valence-corrected chi connectivity index (χ2v) is 5.48. The maximum Gasteiger partial charge on any atom is 0.182 e. The summed E-state index contributed by atoms with van der Waals surface area (Å²) in [6, 6.07) is 0. The molecule has 0 radical (unpaired) electrons. The van der Waals surface area contributed by atoms with Crippen molar-refractivity contribution >= 4 is 16.5 Å². The van der Waals surface area contributed by atoms with Gasteiger partial charge in [0.1, 0.15) is 5.82 Å². The largest absolute Gasteiger partial charge is 0.362 e. The maximum atomic E-state index is 4.53. The van der Waals surface area contributed by atoms with E-state index < -0.39 is 0 Å². The van der Waals surface area contributed by atoms with E-state index in [9.17, 15) is 0 Å². The van der Waals surface area contributed by atoms with Gasteiger partial charge in [0, 0.05) is 30.5 Å². The molecule has 0 saturated carbocycles. The quantitative estimate of drug-likeness (QED) is 0.846. The zero-order valence-electron chi connectivity index (χ0n) is 11.8. The van der Waals surface area contributed by atoms with E-state index in [1.54, 1.807) is 11.3 Å². The zero-order valence-corrected chi connectivity index (χ0v) is 12.6. The van der Waals surface area contributed by atoms with Crippen molar-refractivity contribution in [1.29, 1.82) is 0 Å². The highest BCUT2D eigenvalue weighted by atomic mass is 32.1. The molecule has 0 atom stereocenters. The lowest BCUT2D eigenvalue weighted by molar-refractivity contribution is 0.642. The van der Waals surface area contributed by atoms with Gasteiger partial charge >= 0.3 is 0 Å². The molecule has 0 bridgehead atoms. The molecule has 2 aromatic heterocycles. The first-order valence-corrected chi connectivity index (χ1v) is 7.69. The first-order valence-electron chi connectivity index (χ1n) is 6.87. The van der Waals surface area contributed by atoms with Crippen molar-refractivity contribution < 1.29 is 0 Å². The first-order chi connectivity index (χ1) is 9.26. The molecule has 0 amide bonds. The number of aryl methyl sites for hydroxylation is 2. The average molecular weight is 279 g/mol. The first kappa shape index (κ1) is 14.0. The Morgan fingerprint density at radius 3 is 2.79 bits per heavy atom. The van der Waals surface area contributed by atoms with Crippen molar-refractivity contribution in [2.45, 2.75) is 46.6 Å². The maximum absolute atomic E-state index is 4.53. The standard InChI is InChI=1S/C13H21N5S/c1-4-7-14-13-15-8-10(19-13)9-18-12(6-3)16-11(5-2)17-18/h8H,4-7,9H2,1-3H3,(H,14,15). The Morgan fingerprint density at radius 1 is 1.26 bits per heavy atom. The summed E-state index contributed by atoms with van der Waals surface area (Å²) < 4.78 is 2.00. The minimum absolute atomic E-state index is 0.766. The fourth-order valence-electron chi connectivity index (χ4n) is 1.81. The van der Waals surface area contributed by atoms with E-state index in [2.05, 4.69) is 41.2 Å². The average Bonchev–Trinajstić information content (AvgIpc) is 3.03. The fourth-order valence-corrected chi connectivity index (χ4v) is 2.63. The van der Waals surface area contributed by atoms with Crippen LogP contribution in [-0.4, -0.2) is 26.3 Å². The van der Waals surface area contributed by atoms with Crippen molar-refractivity contribution in [3.05, 3.63) is 22.7 Å². The Hall–Kier alpha value is -1.43. The van der Waals surface area contributed by atoms with Crippen molar-refractivity contribution in [3.63, 3.8) is 0 Å². The predicted molar refractivity (Wildman–Crippen MR) is 78.8 cm³/mol. The van der Waals surface area contributed by atoms with Gasteiger partial charge < -0.3 is 5.32 Å². The highest BCUT2D eigenvalue weighted by Gasteiger charge is 2.09. The van der Waals surface area contributed by atoms with Crippen LogP contribution < -0.4 is 5.32 Å². The molecular weight excluding hydrogens is 258 g/mol. The van der Waals surface area contributed by atoms with Gasteiger partial charge in [-0.2, -0.15) is 5.10 Å². The Balaban J connectivity index is 2.07. The summed E-state index contributed by atoms with van der Waals surface area (Å²) in [7, 11) is 0. The molecule has 0 aliphatic heterocycles. The molecular formula is C13H21N5S. The Bertz CT molecular complexity index is 517. The summed E-state index contributed by atoms with van der Waals surface area (Å²) >= 11 is 1.69. The second kappa shape index (κ2) is 6.65. The topological polar surface area (TPSA) is 55.6 Å². The van der Waals surface area contributed by atoms with Gasteiger partial charge in [0.2, 0.25) is 0 Å². The minimum Gasteiger partial charge on any atom is -0.362 e. The van der Waals surface area contributed by atoms with E-state index in [4.69, 9.17) is 0 Å². The summed E-state index contributed by atoms with van der Waals surface area (Å²) in [5.74, 6) is 1.97. The lowest BCUT2D eigenvalue weighted by Crippen LogP contribution is -2.05. The molecule has 0 aromatic carbocycles. The molecule has 0 spiro atoms. The monoisotopic (exact) mass is 279 g/mol. The second-order valence-electron chi connectivity index (χ2n) is 4.37. The SMILES string of the molecule is CCCNc1ncc(Cn2nc(CC)nc2CC)s1. The number of nitrogens with zero attached hydrogens (tertiary/aromatic N) is 4. The van der Waals surface area contributed by atoms with Gasteiger partial charge in [0.25, 0.3) is 0 Å². The van der Waals surface area contributed by atoms with E-state index >= 15 is 0 Å². The van der Waals surface area contributed by atoms with Gasteiger partial charge in [0.15, 0.2) is 11.0 Å². The van der Waals surface area contributed by atoms with Crippen LogP contribution in [0, 0.1) is 0 Å². The Kier molecular flexibility index (Phi) is 4.90. The van der Waals surface area contributed by atoms with Gasteiger partial charge in [-0.1, -0.05) is 20.8 Å². The smallest absolute Gasteiger partial charge is 0.182 e. The number of hydrogen-bond acceptors (Lipinski definition) is 5. The van der Waals surface area contributed by atoms with Crippen molar-refractivity contribution in [1.82, 2.24) is 19.7 Å². The number of aromatic nitrogens is 4. The zero-order chi connectivity index (χ0) is 13.7. The van der Waals surface area contributed by atoms with Crippen molar-refractivity contribution in [2.24, 2.45) is 0 Å². The van der Waals surface area contributed by atoms with Crippen molar-refractivity contribution in [3.8, 4) is 0 Å². The van der Waals surface area contributed by atoms with Gasteiger partial charge in [-0.15, -0.1) is 11.3 Å². The third-order valence-corrected chi connectivity index (χ3v) is 3.75. The molecule has 1 N–H and O–H groups in total. The molecule has 0 unspecified atom stereocenters. The molecule has 2 rings (SSSR count). The summed E-state index contributed by atoms with van der Waals surface area (Å²) in [6.45, 7) is 8.08. The third-order valence-electron chi connectivity index (χ3n) is 2.81. The number of thiazole rings is 1. The molecule has 5 nitrogen and oxygen atoms in total. The minimum atomic E-state index is 0.766. The lowest BCUT2D eigenvalue weighted by Gasteiger charge is -2.01. The van der Waals surface area contributed by atoms with Crippen LogP contribution in [0.3, 0.4) is 0 Å². The summed E-state index contributed by atoms with van der Waals surface area (Å²) in [5, 5.41) is 8.83. The van der Waals surface area contributed by atoms with Gasteiger partial charge in [-0.3, -0.25) is 0 Å². The lowest BCUT2D eigenvalue weighted by atomic mass is 10.4. The molecule has 6 heteroatoms. The number of rotatable bonds is 7. The highest BCUT2D eigenvalue weighted by Crippen LogP contribution is 2.19. The van der Waals surface area contributed by atoms with Crippen LogP contribution in [0.25, 0.3) is 0 Å². The van der Waals surface area contributed by atoms with E-state index in [0.717, 1.165) is 49.1 Å². The van der Waals surface area contributed by atoms with Crippen molar-refractivity contribution in [2.75, 3.05) is 11.9 Å². The number of hydrogen-bond donors (Lipinski definition) is 1. The van der Waals surface area contributed by atoms with Crippen LogP contribution in [0.5, 0.6) is 0 Å². The number of nitrogens with one attached hydrogen (secondary N) is 1. The predicted octanol–water partition coefficient (Wildman–Crippen LogP) is 2.73. The molecule has 104 valence electrons. The Labute approximate surface area is 118 Å². The van der Waals surface area contributed by atoms with Crippen LogP contribution >= 0.6 is 11.3 Å². The molecule has 0 fully saturated rings. The summed E-state index contributed by atoms with van der Waals surface area (Å²) in [5.41, 5.74) is 0. The molecule has 0 aliphatic carbocycles. The normalized spacial score (nSPS) is 10.9. The Morgan fingerprint density at radius 2 is 2.11 bits per heavy atom. The summed E-state index contributed by atoms with van der Waals surface area (Å²) in [4.78, 5) is 10.1. The molecule has 19 heavy (non-hydrogen) atoms. The van der Waals surface area contributed by atoms with E-state index in [1.165, 1.54) is 4.88 Å². The highest BCUT2D eigenvalue weighted by molar-refractivity contribution is 7.15. The van der Waals surface area contributed by atoms with Crippen LogP contribution in [0.4, 0.5) is 5.13 Å². The van der Waals surface area contributed by atoms with Gasteiger partial charge in [-0.25, -0.2) is 14.6 Å². The van der Waals surface area contributed by atoms with E-state index in [0.29, 0.717) is 0 Å². The van der Waals surface area contributed by atoms with E-state index in [-0.39, 0.29) is 0 Å². The molecule has 0 saturated heterocycles. The van der Waals surface area contributed by atoms with E-state index in [1.807, 2.05) is 10.9 Å². The van der Waals surface area contributed by atoms with Gasteiger partial charge in [-0.05, 0) is 6.42 Å². The third kappa shape index (κ3) is 3.53. The van der Waals surface area contributed by atoms with Crippen LogP contribution in [0.15, 0.2) is 6.20 Å². The van der Waals surface area contributed by atoms with Crippen LogP contribution in [0.1, 0.15) is 43.7 Å². The number of anilines is 1. The van der Waals surface area contributed by atoms with Crippen LogP contribution in [-0.2, 0) is 19.4 Å². The summed E-state index contributed by atoms with van der Waals surface area (Å²) in [6.07, 6.45) is 4.83. The van der Waals surface area contributed by atoms with Gasteiger partial charge in [0.05, 0.1) is 6.54 Å². The van der Waals surface area contributed by atoms with Crippen LogP contribution in [0.2, 0.25) is 0 Å². The molecule has 0 aliphatic rings. The molecule has 2 heterocycles.